The Kier molecular flexibility index (Phi) is 28.6. The first-order chi connectivity index (χ1) is 43.1. The van der Waals surface area contributed by atoms with Gasteiger partial charge in [0.2, 0.25) is 53.2 Å². The molecule has 0 bridgehead atoms. The minimum Gasteiger partial charge on any atom is -0.391 e. The molecule has 3 aromatic carbocycles. The molecule has 23 nitrogen and oxygen atoms in total. The predicted molar refractivity (Wildman–Crippen MR) is 345 cm³/mol. The molecule has 2 aliphatic heterocycles. The maximum atomic E-state index is 15.2. The lowest BCUT2D eigenvalue weighted by atomic mass is 9.95. The maximum Gasteiger partial charge on any atom is 0.255 e. The third-order valence-electron chi connectivity index (χ3n) is 16.8. The van der Waals surface area contributed by atoms with Gasteiger partial charge in [-0.2, -0.15) is 0 Å². The summed E-state index contributed by atoms with van der Waals surface area (Å²) < 4.78 is 0. The first kappa shape index (κ1) is 73.5. The summed E-state index contributed by atoms with van der Waals surface area (Å²) >= 11 is 0. The maximum absolute atomic E-state index is 15.2. The number of nitrogens with one attached hydrogen (secondary N) is 7. The lowest BCUT2D eigenvalue weighted by molar-refractivity contribution is -0.148. The van der Waals surface area contributed by atoms with Crippen LogP contribution in [0.3, 0.4) is 0 Å². The highest BCUT2D eigenvalue weighted by molar-refractivity contribution is 6.08. The van der Waals surface area contributed by atoms with Gasteiger partial charge in [-0.1, -0.05) is 153 Å². The number of aliphatic hydroxyl groups excluding tert-OH is 1. The average Bonchev–Trinajstić information content (AvgIpc) is 1.44. The summed E-state index contributed by atoms with van der Waals surface area (Å²) in [6.07, 6.45) is 0.777. The van der Waals surface area contributed by atoms with Crippen molar-refractivity contribution >= 4 is 65.0 Å². The van der Waals surface area contributed by atoms with Gasteiger partial charge in [-0.3, -0.25) is 52.7 Å². The van der Waals surface area contributed by atoms with E-state index in [1.165, 1.54) is 42.8 Å². The number of likely N-dealkylation sites (N-methyl/N-ethyl adjacent to an activating group) is 3. The molecule has 0 aromatic heterocycles. The van der Waals surface area contributed by atoms with Crippen molar-refractivity contribution in [3.8, 4) is 0 Å². The first-order valence-corrected chi connectivity index (χ1v) is 32.1. The molecule has 0 spiro atoms. The number of benzene rings is 3. The fraction of sp³-hybridized carbons (Fsp3) is 0.574. The lowest BCUT2D eigenvalue weighted by Gasteiger charge is -2.35. The van der Waals surface area contributed by atoms with E-state index in [0.29, 0.717) is 36.0 Å². The average molecular weight is 1260 g/mol. The van der Waals surface area contributed by atoms with E-state index >= 15 is 14.4 Å². The van der Waals surface area contributed by atoms with E-state index in [4.69, 9.17) is 0 Å². The number of carbonyl (C=O) groups excluding carboxylic acids is 11. The molecule has 2 fully saturated rings. The van der Waals surface area contributed by atoms with Gasteiger partial charge in [-0.25, -0.2) is 0 Å². The van der Waals surface area contributed by atoms with Gasteiger partial charge in [0.1, 0.15) is 48.3 Å². The fourth-order valence-corrected chi connectivity index (χ4v) is 11.4. The fourth-order valence-electron chi connectivity index (χ4n) is 11.4. The molecule has 2 saturated heterocycles. The molecule has 5 rings (SSSR count). The van der Waals surface area contributed by atoms with Crippen molar-refractivity contribution in [1.82, 2.24) is 56.8 Å². The number of piperidine rings is 1. The largest absolute Gasteiger partial charge is 0.391 e. The van der Waals surface area contributed by atoms with Gasteiger partial charge in [0.15, 0.2) is 6.04 Å². The second-order valence-corrected chi connectivity index (χ2v) is 25.8. The highest BCUT2D eigenvalue weighted by Gasteiger charge is 2.42. The van der Waals surface area contributed by atoms with E-state index in [-0.39, 0.29) is 69.4 Å². The second-order valence-electron chi connectivity index (χ2n) is 25.8. The normalized spacial score (nSPS) is 24.8. The first-order valence-electron chi connectivity index (χ1n) is 32.1. The zero-order valence-corrected chi connectivity index (χ0v) is 55.2. The SMILES string of the molecule is CC[C@H](C)[C@@H]1NC(=O)[C@H](CC(C)C)N(C)C(=O)[C@H](Cc2ccccc2)NC(=O)CN(C)C(=O)C(C(=O)N2CCCCC2)NC(=O)[C@H](CC(C)C)NC(=O)[C@H](Cc2ccccc2)NC(=O)[C@H](Cc2ccccc2)N(C)C(=O)[C@H](CC(C)C)NC(=O)[C@H]([C@@H](C)O)NC1=O. The van der Waals surface area contributed by atoms with Crippen LogP contribution in [0.1, 0.15) is 124 Å². The number of nitrogens with zero attached hydrogens (tertiary/aromatic N) is 4. The summed E-state index contributed by atoms with van der Waals surface area (Å²) in [6, 6.07) is 13.5. The summed E-state index contributed by atoms with van der Waals surface area (Å²) in [5.41, 5.74) is 1.89. The van der Waals surface area contributed by atoms with E-state index in [1.807, 2.05) is 41.5 Å². The zero-order valence-electron chi connectivity index (χ0n) is 55.2. The Bertz CT molecular complexity index is 2940. The van der Waals surface area contributed by atoms with E-state index in [0.717, 1.165) is 11.3 Å². The van der Waals surface area contributed by atoms with Crippen LogP contribution in [0.15, 0.2) is 91.0 Å². The van der Waals surface area contributed by atoms with E-state index in [1.54, 1.807) is 105 Å². The number of aliphatic hydroxyl groups is 1. The van der Waals surface area contributed by atoms with Crippen molar-refractivity contribution in [3.05, 3.63) is 108 Å². The molecular weight excluding hydrogens is 1160 g/mol. The van der Waals surface area contributed by atoms with Gasteiger partial charge < -0.3 is 61.9 Å². The van der Waals surface area contributed by atoms with Crippen LogP contribution in [0.2, 0.25) is 0 Å². The van der Waals surface area contributed by atoms with Crippen molar-refractivity contribution in [1.29, 1.82) is 0 Å². The van der Waals surface area contributed by atoms with Gasteiger partial charge >= 0.3 is 0 Å². The number of rotatable bonds is 16. The van der Waals surface area contributed by atoms with Gasteiger partial charge in [0.05, 0.1) is 12.6 Å². The minimum absolute atomic E-state index is 0.000468. The summed E-state index contributed by atoms with van der Waals surface area (Å²) in [7, 11) is 4.08. The lowest BCUT2D eigenvalue weighted by Crippen LogP contribution is -2.63. The van der Waals surface area contributed by atoms with E-state index in [9.17, 15) is 43.5 Å². The van der Waals surface area contributed by atoms with Crippen molar-refractivity contribution in [2.45, 2.75) is 187 Å². The third-order valence-corrected chi connectivity index (χ3v) is 16.8. The minimum atomic E-state index is -1.88. The summed E-state index contributed by atoms with van der Waals surface area (Å²) in [5, 5.41) is 30.6. The Morgan fingerprint density at radius 3 is 1.41 bits per heavy atom. The number of hydrogen-bond acceptors (Lipinski definition) is 12. The molecule has 2 heterocycles. The van der Waals surface area contributed by atoms with Crippen LogP contribution >= 0.6 is 0 Å². The standard InChI is InChI=1S/C68H99N11O12/c1-13-44(8)56-63(86)74-57(45(9)80)64(87)72-51(35-42(4)5)65(88)78(12)54(39-48-30-22-16-23-31-48)61(84)71-50(37-46-26-18-14-19-27-46)59(82)70-49(34-41(2)3)60(83)75-58(68(91)79-32-24-17-25-33-79)67(90)76(10)40-55(81)69-52(38-47-28-20-15-21-29-47)66(89)77(11)53(36-43(6)7)62(85)73-56/h14-16,18-23,26-31,41-45,49-54,56-58,80H,13,17,24-25,32-40H2,1-12H3,(H,69,81)(H,70,82)(H,71,84)(H,72,87)(H,73,85)(H,74,86)(H,75,83)/t44-,45+,49-,50-,51-,52-,53-,54-,56-,57-,58?/m0/s1. The zero-order chi connectivity index (χ0) is 67.2. The molecule has 0 radical (unpaired) electrons. The molecule has 8 N–H and O–H groups in total. The topological polar surface area (TPSA) is 305 Å². The van der Waals surface area contributed by atoms with Crippen LogP contribution in [0.5, 0.6) is 0 Å². The van der Waals surface area contributed by atoms with E-state index in [2.05, 4.69) is 37.2 Å². The number of likely N-dealkylation sites (tertiary alicyclic amines) is 1. The molecule has 11 amide bonds. The number of amides is 11. The molecule has 498 valence electrons. The van der Waals surface area contributed by atoms with Crippen molar-refractivity contribution in [2.75, 3.05) is 40.8 Å². The Balaban J connectivity index is 1.68. The molecule has 1 unspecified atom stereocenters. The summed E-state index contributed by atoms with van der Waals surface area (Å²) in [4.78, 5) is 168. The highest BCUT2D eigenvalue weighted by atomic mass is 16.3. The van der Waals surface area contributed by atoms with Crippen molar-refractivity contribution in [3.63, 3.8) is 0 Å². The second kappa shape index (κ2) is 35.4. The molecule has 0 aliphatic carbocycles. The van der Waals surface area contributed by atoms with Crippen LogP contribution in [0, 0.1) is 23.7 Å². The van der Waals surface area contributed by atoms with E-state index < -0.39 is 138 Å². The Hall–Kier alpha value is -8.21. The Morgan fingerprint density at radius 2 is 0.890 bits per heavy atom. The molecule has 2 aliphatic rings. The predicted octanol–water partition coefficient (Wildman–Crippen LogP) is 2.81. The van der Waals surface area contributed by atoms with Crippen LogP contribution in [-0.4, -0.2) is 191 Å². The molecule has 0 saturated carbocycles. The number of hydrogen-bond donors (Lipinski definition) is 8. The molecule has 91 heavy (non-hydrogen) atoms. The molecule has 3 aromatic rings. The van der Waals surface area contributed by atoms with Crippen molar-refractivity contribution < 1.29 is 57.8 Å². The van der Waals surface area contributed by atoms with Crippen LogP contribution < -0.4 is 37.2 Å². The van der Waals surface area contributed by atoms with Crippen LogP contribution in [0.25, 0.3) is 0 Å². The Labute approximate surface area is 536 Å². The molecule has 11 atom stereocenters. The smallest absolute Gasteiger partial charge is 0.255 e. The van der Waals surface area contributed by atoms with Crippen LogP contribution in [0.4, 0.5) is 0 Å². The summed E-state index contributed by atoms with van der Waals surface area (Å²) in [5.74, 6) is -10.2. The van der Waals surface area contributed by atoms with Gasteiger partial charge in [0, 0.05) is 53.5 Å². The monoisotopic (exact) mass is 1260 g/mol. The van der Waals surface area contributed by atoms with Gasteiger partial charge in [0.25, 0.3) is 11.8 Å². The van der Waals surface area contributed by atoms with Crippen molar-refractivity contribution in [2.24, 2.45) is 23.7 Å². The van der Waals surface area contributed by atoms with Gasteiger partial charge in [-0.05, 0) is 85.8 Å². The Morgan fingerprint density at radius 1 is 0.462 bits per heavy atom. The summed E-state index contributed by atoms with van der Waals surface area (Å²) in [6.45, 7) is 15.6. The molecule has 23 heteroatoms. The van der Waals surface area contributed by atoms with Gasteiger partial charge in [-0.15, -0.1) is 0 Å². The van der Waals surface area contributed by atoms with Crippen LogP contribution in [-0.2, 0) is 72.0 Å². The quantitative estimate of drug-likeness (QED) is 0.0961. The number of carbonyl (C=O) groups is 11. The highest BCUT2D eigenvalue weighted by Crippen LogP contribution is 2.20. The molecular formula is C68H99N11O12. The third kappa shape index (κ3) is 22.0.